The third-order valence-electron chi connectivity index (χ3n) is 6.02. The maximum atomic E-state index is 12.5. The van der Waals surface area contributed by atoms with Crippen molar-refractivity contribution in [1.82, 2.24) is 20.9 Å². The van der Waals surface area contributed by atoms with Crippen LogP contribution in [-0.2, 0) is 11.2 Å². The van der Waals surface area contributed by atoms with Crippen LogP contribution in [0.4, 0.5) is 5.69 Å². The molecule has 0 saturated carbocycles. The van der Waals surface area contributed by atoms with Crippen molar-refractivity contribution in [3.05, 3.63) is 78.1 Å². The van der Waals surface area contributed by atoms with E-state index in [-0.39, 0.29) is 18.0 Å². The predicted molar refractivity (Wildman–Crippen MR) is 121 cm³/mol. The van der Waals surface area contributed by atoms with E-state index in [0.717, 1.165) is 30.5 Å². The third kappa shape index (κ3) is 5.25. The molecule has 2 aromatic carbocycles. The number of nitrogens with zero attached hydrogens (tertiary/aromatic N) is 2. The summed E-state index contributed by atoms with van der Waals surface area (Å²) >= 11 is 0. The molecule has 4 atom stereocenters. The quantitative estimate of drug-likeness (QED) is 0.550. The molecule has 4 N–H and O–H groups in total. The lowest BCUT2D eigenvalue weighted by Gasteiger charge is -2.25. The maximum absolute atomic E-state index is 12.5. The molecule has 2 aliphatic rings. The van der Waals surface area contributed by atoms with Crippen molar-refractivity contribution in [2.75, 3.05) is 12.4 Å². The number of hydrogen-bond acceptors (Lipinski definition) is 6. The van der Waals surface area contributed by atoms with E-state index >= 15 is 0 Å². The fraction of sp³-hybridized carbons (Fsp3) is 0.375. The Labute approximate surface area is 183 Å². The van der Waals surface area contributed by atoms with Crippen molar-refractivity contribution >= 4 is 11.6 Å². The number of aliphatic hydroxyl groups is 1. The van der Waals surface area contributed by atoms with Crippen LogP contribution in [0, 0.1) is 0 Å². The largest absolute Gasteiger partial charge is 0.387 e. The second kappa shape index (κ2) is 9.51. The number of carbonyl (C=O) groups is 1. The van der Waals surface area contributed by atoms with E-state index in [1.54, 1.807) is 10.0 Å². The predicted octanol–water partition coefficient (Wildman–Crippen LogP) is 2.55. The van der Waals surface area contributed by atoms with Crippen molar-refractivity contribution in [3.63, 3.8) is 0 Å². The van der Waals surface area contributed by atoms with Gasteiger partial charge in [-0.05, 0) is 49.4 Å². The van der Waals surface area contributed by atoms with Crippen LogP contribution in [0.3, 0.4) is 0 Å². The Kier molecular flexibility index (Phi) is 6.56. The molecule has 31 heavy (non-hydrogen) atoms. The summed E-state index contributed by atoms with van der Waals surface area (Å²) in [6.07, 6.45) is 6.11. The van der Waals surface area contributed by atoms with Crippen LogP contribution in [0.15, 0.2) is 67.0 Å². The molecule has 0 bridgehead atoms. The first-order valence-corrected chi connectivity index (χ1v) is 10.8. The van der Waals surface area contributed by atoms with Crippen molar-refractivity contribution in [1.29, 1.82) is 0 Å². The minimum Gasteiger partial charge on any atom is -0.387 e. The van der Waals surface area contributed by atoms with Crippen molar-refractivity contribution in [3.8, 4) is 0 Å². The summed E-state index contributed by atoms with van der Waals surface area (Å²) in [5.41, 5.74) is 6.02. The van der Waals surface area contributed by atoms with Crippen molar-refractivity contribution in [2.45, 2.75) is 50.4 Å². The maximum Gasteiger partial charge on any atom is 0.248 e. The molecule has 2 heterocycles. The van der Waals surface area contributed by atoms with Gasteiger partial charge < -0.3 is 15.7 Å². The number of amides is 1. The smallest absolute Gasteiger partial charge is 0.248 e. The van der Waals surface area contributed by atoms with Crippen LogP contribution in [0.25, 0.3) is 0 Å². The molecule has 0 aliphatic carbocycles. The molecule has 1 saturated heterocycles. The Morgan fingerprint density at radius 1 is 1.13 bits per heavy atom. The standard InChI is InChI=1S/C24H31N5O2/c1-17(29-15-14-28(2)27-29)24(31)26-20-10-8-18(9-11-20)16-21-12-13-22(25-21)23(30)19-6-4-3-5-7-19/h3-11,14-15,17,21-23,25,27,30H,12-13,16H2,1-2H3,(H,26,31)/t17?,21-,22+,23+/m0/s1. The lowest BCUT2D eigenvalue weighted by atomic mass is 10.0. The summed E-state index contributed by atoms with van der Waals surface area (Å²) in [6, 6.07) is 17.9. The molecule has 1 fully saturated rings. The Hall–Kier alpha value is -2.87. The summed E-state index contributed by atoms with van der Waals surface area (Å²) in [5, 5.41) is 20.8. The number of hydrogen-bond donors (Lipinski definition) is 4. The second-order valence-electron chi connectivity index (χ2n) is 8.39. The van der Waals surface area contributed by atoms with Gasteiger partial charge in [-0.1, -0.05) is 42.5 Å². The normalized spacial score (nSPS) is 22.5. The van der Waals surface area contributed by atoms with E-state index in [1.807, 2.05) is 68.8 Å². The molecule has 0 spiro atoms. The summed E-state index contributed by atoms with van der Waals surface area (Å²) in [4.78, 5) is 12.5. The lowest BCUT2D eigenvalue weighted by Crippen LogP contribution is -2.47. The van der Waals surface area contributed by atoms with E-state index in [1.165, 1.54) is 5.56 Å². The van der Waals surface area contributed by atoms with Gasteiger partial charge in [0.1, 0.15) is 6.04 Å². The van der Waals surface area contributed by atoms with Crippen LogP contribution in [0.1, 0.15) is 37.0 Å². The van der Waals surface area contributed by atoms with Crippen LogP contribution in [-0.4, -0.2) is 46.2 Å². The molecule has 2 aromatic rings. The Morgan fingerprint density at radius 2 is 1.87 bits per heavy atom. The van der Waals surface area contributed by atoms with Gasteiger partial charge in [0.15, 0.2) is 0 Å². The Bertz CT molecular complexity index is 902. The lowest BCUT2D eigenvalue weighted by molar-refractivity contribution is -0.121. The SMILES string of the molecule is CC(C(=O)Nc1ccc(C[C@@H]2CC[C@H]([C@H](O)c3ccccc3)N2)cc1)N1C=CN(C)N1. The highest BCUT2D eigenvalue weighted by Gasteiger charge is 2.30. The van der Waals surface area contributed by atoms with Gasteiger partial charge in [-0.2, -0.15) is 0 Å². The van der Waals surface area contributed by atoms with Gasteiger partial charge in [0.2, 0.25) is 5.91 Å². The summed E-state index contributed by atoms with van der Waals surface area (Å²) in [5.74, 6) is -0.0737. The molecule has 7 nitrogen and oxygen atoms in total. The zero-order chi connectivity index (χ0) is 21.8. The van der Waals surface area contributed by atoms with Gasteiger partial charge >= 0.3 is 0 Å². The summed E-state index contributed by atoms with van der Waals surface area (Å²) < 4.78 is 0. The minimum absolute atomic E-state index is 0.0737. The zero-order valence-corrected chi connectivity index (χ0v) is 18.0. The van der Waals surface area contributed by atoms with Crippen LogP contribution >= 0.6 is 0 Å². The van der Waals surface area contributed by atoms with Gasteiger partial charge in [0, 0.05) is 37.2 Å². The first-order valence-electron chi connectivity index (χ1n) is 10.8. The van der Waals surface area contributed by atoms with E-state index in [0.29, 0.717) is 6.04 Å². The van der Waals surface area contributed by atoms with Crippen molar-refractivity contribution < 1.29 is 9.90 Å². The molecular formula is C24H31N5O2. The first-order chi connectivity index (χ1) is 15.0. The average molecular weight is 422 g/mol. The minimum atomic E-state index is -0.481. The van der Waals surface area contributed by atoms with Gasteiger partial charge in [0.25, 0.3) is 0 Å². The van der Waals surface area contributed by atoms with Gasteiger partial charge in [-0.15, -0.1) is 5.53 Å². The number of rotatable bonds is 7. The first kappa shape index (κ1) is 21.4. The van der Waals surface area contributed by atoms with E-state index in [2.05, 4.69) is 28.3 Å². The highest BCUT2D eigenvalue weighted by molar-refractivity contribution is 5.94. The van der Waals surface area contributed by atoms with E-state index in [9.17, 15) is 9.90 Å². The third-order valence-corrected chi connectivity index (χ3v) is 6.02. The monoisotopic (exact) mass is 421 g/mol. The zero-order valence-electron chi connectivity index (χ0n) is 18.0. The molecule has 4 rings (SSSR count). The second-order valence-corrected chi connectivity index (χ2v) is 8.39. The highest BCUT2D eigenvalue weighted by Crippen LogP contribution is 2.27. The average Bonchev–Trinajstić information content (AvgIpc) is 3.44. The summed E-state index contributed by atoms with van der Waals surface area (Å²) in [6.45, 7) is 1.85. The molecule has 1 amide bonds. The fourth-order valence-electron chi connectivity index (χ4n) is 4.16. The van der Waals surface area contributed by atoms with E-state index < -0.39 is 6.10 Å². The molecule has 0 aromatic heterocycles. The molecule has 0 radical (unpaired) electrons. The molecule has 164 valence electrons. The highest BCUT2D eigenvalue weighted by atomic mass is 16.3. The Morgan fingerprint density at radius 3 is 2.55 bits per heavy atom. The van der Waals surface area contributed by atoms with Crippen LogP contribution in [0.5, 0.6) is 0 Å². The van der Waals surface area contributed by atoms with Crippen LogP contribution < -0.4 is 16.2 Å². The van der Waals surface area contributed by atoms with Gasteiger partial charge in [-0.3, -0.25) is 14.8 Å². The van der Waals surface area contributed by atoms with Gasteiger partial charge in [-0.25, -0.2) is 0 Å². The molecule has 1 unspecified atom stereocenters. The van der Waals surface area contributed by atoms with Crippen molar-refractivity contribution in [2.24, 2.45) is 0 Å². The van der Waals surface area contributed by atoms with E-state index in [4.69, 9.17) is 0 Å². The fourth-order valence-corrected chi connectivity index (χ4v) is 4.16. The number of anilines is 1. The number of carbonyl (C=O) groups excluding carboxylic acids is 1. The van der Waals surface area contributed by atoms with Crippen LogP contribution in [0.2, 0.25) is 0 Å². The Balaban J connectivity index is 1.27. The number of aliphatic hydroxyl groups excluding tert-OH is 1. The number of hydrazine groups is 2. The topological polar surface area (TPSA) is 79.9 Å². The number of benzene rings is 2. The molecule has 7 heteroatoms. The number of nitrogens with one attached hydrogen (secondary N) is 3. The summed E-state index contributed by atoms with van der Waals surface area (Å²) in [7, 11) is 1.88. The molecule has 2 aliphatic heterocycles. The van der Waals surface area contributed by atoms with Gasteiger partial charge in [0.05, 0.1) is 6.10 Å². The molecular weight excluding hydrogens is 390 g/mol.